The smallest absolute Gasteiger partial charge is 0.326 e. The summed E-state index contributed by atoms with van der Waals surface area (Å²) in [4.78, 5) is 31.4. The molecule has 3 amide bonds. The van der Waals surface area contributed by atoms with Gasteiger partial charge < -0.3 is 10.6 Å². The number of carbonyl (C=O) groups excluding carboxylic acids is 2. The number of aromatic nitrogens is 1. The summed E-state index contributed by atoms with van der Waals surface area (Å²) in [7, 11) is -3.33. The number of anilines is 2. The number of sulfonamides is 1. The molecule has 206 valence electrons. The molecule has 39 heavy (non-hydrogen) atoms. The van der Waals surface area contributed by atoms with E-state index < -0.39 is 33.8 Å². The number of pyridine rings is 1. The molecule has 1 aromatic heterocycles. The van der Waals surface area contributed by atoms with Crippen LogP contribution in [0.3, 0.4) is 0 Å². The average Bonchev–Trinajstić information content (AvgIpc) is 2.88. The number of piperidine rings is 1. The van der Waals surface area contributed by atoms with E-state index in [0.29, 0.717) is 25.2 Å². The molecule has 9 nitrogen and oxygen atoms in total. The van der Waals surface area contributed by atoms with Crippen LogP contribution in [0.1, 0.15) is 24.0 Å². The van der Waals surface area contributed by atoms with E-state index in [-0.39, 0.29) is 18.1 Å². The summed E-state index contributed by atoms with van der Waals surface area (Å²) >= 11 is 0. The highest BCUT2D eigenvalue weighted by Crippen LogP contribution is 2.30. The molecule has 13 heteroatoms. The highest BCUT2D eigenvalue weighted by atomic mass is 32.2. The van der Waals surface area contributed by atoms with Gasteiger partial charge in [-0.25, -0.2) is 22.9 Å². The lowest BCUT2D eigenvalue weighted by Gasteiger charge is -2.32. The van der Waals surface area contributed by atoms with Crippen LogP contribution >= 0.6 is 0 Å². The van der Waals surface area contributed by atoms with E-state index in [4.69, 9.17) is 0 Å². The molecule has 0 aliphatic carbocycles. The van der Waals surface area contributed by atoms with Gasteiger partial charge in [0.1, 0.15) is 11.9 Å². The van der Waals surface area contributed by atoms with E-state index in [1.54, 1.807) is 24.4 Å². The standard InChI is InChI=1S/C26H26F3N5O4S/c1-39(37,38)31-15-17-4-2-5-18(14-17)19-7-12-23(30-16-19)34-13-3-6-22(24(34)35)33-25(36)32-21-10-8-20(9-11-21)26(27,28)29/h2,4-5,7-12,14,16,22,31H,3,6,13,15H2,1H3,(H2,32,33,36)/t22-/m1/s1. The van der Waals surface area contributed by atoms with Gasteiger partial charge in [-0.3, -0.25) is 9.69 Å². The number of amides is 3. The zero-order valence-electron chi connectivity index (χ0n) is 20.8. The molecule has 2 aromatic carbocycles. The Kier molecular flexibility index (Phi) is 8.21. The summed E-state index contributed by atoms with van der Waals surface area (Å²) in [5.74, 6) is 0.0613. The number of carbonyl (C=O) groups is 2. The van der Waals surface area contributed by atoms with Crippen LogP contribution in [0.15, 0.2) is 66.9 Å². The summed E-state index contributed by atoms with van der Waals surface area (Å²) in [6.07, 6.45) is -0.766. The van der Waals surface area contributed by atoms with Crippen molar-refractivity contribution in [2.24, 2.45) is 0 Å². The molecular weight excluding hydrogens is 535 g/mol. The Morgan fingerprint density at radius 3 is 2.46 bits per heavy atom. The van der Waals surface area contributed by atoms with Crippen molar-refractivity contribution in [3.05, 3.63) is 78.0 Å². The van der Waals surface area contributed by atoms with Gasteiger partial charge in [0.15, 0.2) is 0 Å². The van der Waals surface area contributed by atoms with Crippen molar-refractivity contribution in [3.63, 3.8) is 0 Å². The molecular formula is C26H26F3N5O4S. The normalized spacial score (nSPS) is 16.2. The van der Waals surface area contributed by atoms with Gasteiger partial charge in [0.25, 0.3) is 5.91 Å². The monoisotopic (exact) mass is 561 g/mol. The van der Waals surface area contributed by atoms with Crippen LogP contribution in [0.4, 0.5) is 29.5 Å². The maximum atomic E-state index is 13.1. The van der Waals surface area contributed by atoms with Gasteiger partial charge in [-0.15, -0.1) is 0 Å². The highest BCUT2D eigenvalue weighted by molar-refractivity contribution is 7.88. The molecule has 1 aliphatic heterocycles. The summed E-state index contributed by atoms with van der Waals surface area (Å²) in [5.41, 5.74) is 1.70. The van der Waals surface area contributed by atoms with Crippen LogP contribution < -0.4 is 20.3 Å². The number of hydrogen-bond acceptors (Lipinski definition) is 5. The van der Waals surface area contributed by atoms with E-state index >= 15 is 0 Å². The molecule has 1 fully saturated rings. The average molecular weight is 562 g/mol. The lowest BCUT2D eigenvalue weighted by Crippen LogP contribution is -2.53. The number of benzene rings is 2. The van der Waals surface area contributed by atoms with Gasteiger partial charge in [0, 0.05) is 30.5 Å². The fourth-order valence-electron chi connectivity index (χ4n) is 4.10. The maximum absolute atomic E-state index is 13.1. The van der Waals surface area contributed by atoms with Gasteiger partial charge in [0.2, 0.25) is 10.0 Å². The van der Waals surface area contributed by atoms with Gasteiger partial charge in [0.05, 0.1) is 11.8 Å². The Hall–Kier alpha value is -3.97. The molecule has 0 unspecified atom stereocenters. The first-order valence-electron chi connectivity index (χ1n) is 12.0. The fourth-order valence-corrected chi connectivity index (χ4v) is 4.53. The largest absolute Gasteiger partial charge is 0.416 e. The number of halogens is 3. The third kappa shape index (κ3) is 7.54. The molecule has 0 bridgehead atoms. The van der Waals surface area contributed by atoms with E-state index in [0.717, 1.165) is 47.2 Å². The molecule has 1 saturated heterocycles. The van der Waals surface area contributed by atoms with Crippen LogP contribution in [-0.2, 0) is 27.5 Å². The third-order valence-electron chi connectivity index (χ3n) is 6.04. The van der Waals surface area contributed by atoms with Crippen molar-refractivity contribution in [2.45, 2.75) is 31.6 Å². The predicted molar refractivity (Wildman–Crippen MR) is 140 cm³/mol. The topological polar surface area (TPSA) is 121 Å². The molecule has 3 N–H and O–H groups in total. The number of hydrogen-bond donors (Lipinski definition) is 3. The number of nitrogens with zero attached hydrogens (tertiary/aromatic N) is 2. The number of urea groups is 1. The molecule has 0 saturated carbocycles. The van der Waals surface area contributed by atoms with Crippen molar-refractivity contribution in [3.8, 4) is 11.1 Å². The molecule has 0 radical (unpaired) electrons. The first-order chi connectivity index (χ1) is 18.4. The summed E-state index contributed by atoms with van der Waals surface area (Å²) < 4.78 is 63.4. The summed E-state index contributed by atoms with van der Waals surface area (Å²) in [6.45, 7) is 0.567. The van der Waals surface area contributed by atoms with E-state index in [1.165, 1.54) is 4.90 Å². The second-order valence-electron chi connectivity index (χ2n) is 9.06. The Balaban J connectivity index is 1.38. The molecule has 0 spiro atoms. The SMILES string of the molecule is CS(=O)(=O)NCc1cccc(-c2ccc(N3CCC[C@@H](NC(=O)Nc4ccc(C(F)(F)F)cc4)C3=O)nc2)c1. The lowest BCUT2D eigenvalue weighted by molar-refractivity contribution is -0.137. The van der Waals surface area contributed by atoms with Crippen molar-refractivity contribution in [1.29, 1.82) is 0 Å². The van der Waals surface area contributed by atoms with Crippen molar-refractivity contribution < 1.29 is 31.2 Å². The summed E-state index contributed by atoms with van der Waals surface area (Å²) in [5, 5.41) is 5.04. The predicted octanol–water partition coefficient (Wildman–Crippen LogP) is 4.13. The Labute approximate surface area is 223 Å². The van der Waals surface area contributed by atoms with Gasteiger partial charge in [-0.2, -0.15) is 13.2 Å². The van der Waals surface area contributed by atoms with Crippen LogP contribution in [0.25, 0.3) is 11.1 Å². The summed E-state index contributed by atoms with van der Waals surface area (Å²) in [6, 6.07) is 13.3. The van der Waals surface area contributed by atoms with Crippen LogP contribution in [0.2, 0.25) is 0 Å². The Morgan fingerprint density at radius 1 is 1.08 bits per heavy atom. The highest BCUT2D eigenvalue weighted by Gasteiger charge is 2.32. The van der Waals surface area contributed by atoms with Crippen molar-refractivity contribution >= 4 is 33.5 Å². The zero-order valence-corrected chi connectivity index (χ0v) is 21.6. The second kappa shape index (κ2) is 11.4. The third-order valence-corrected chi connectivity index (χ3v) is 6.71. The first kappa shape index (κ1) is 28.0. The van der Waals surface area contributed by atoms with Gasteiger partial charge in [-0.05, 0) is 66.4 Å². The first-order valence-corrected chi connectivity index (χ1v) is 13.8. The quantitative estimate of drug-likeness (QED) is 0.401. The molecule has 2 heterocycles. The van der Waals surface area contributed by atoms with Crippen LogP contribution in [-0.4, -0.2) is 44.2 Å². The van der Waals surface area contributed by atoms with Crippen molar-refractivity contribution in [2.75, 3.05) is 23.0 Å². The maximum Gasteiger partial charge on any atom is 0.416 e. The Morgan fingerprint density at radius 2 is 1.82 bits per heavy atom. The fraction of sp³-hybridized carbons (Fsp3) is 0.269. The van der Waals surface area contributed by atoms with E-state index in [1.807, 2.05) is 18.2 Å². The number of rotatable bonds is 7. The van der Waals surface area contributed by atoms with Gasteiger partial charge >= 0.3 is 12.2 Å². The van der Waals surface area contributed by atoms with Crippen LogP contribution in [0.5, 0.6) is 0 Å². The number of alkyl halides is 3. The minimum Gasteiger partial charge on any atom is -0.326 e. The lowest BCUT2D eigenvalue weighted by atomic mass is 10.0. The van der Waals surface area contributed by atoms with Crippen molar-refractivity contribution in [1.82, 2.24) is 15.0 Å². The molecule has 4 rings (SSSR count). The van der Waals surface area contributed by atoms with Gasteiger partial charge in [-0.1, -0.05) is 18.2 Å². The molecule has 3 aromatic rings. The van der Waals surface area contributed by atoms with Crippen LogP contribution in [0, 0.1) is 0 Å². The Bertz CT molecular complexity index is 1450. The number of nitrogens with one attached hydrogen (secondary N) is 3. The minimum absolute atomic E-state index is 0.154. The molecule has 1 atom stereocenters. The zero-order chi connectivity index (χ0) is 28.2. The molecule has 1 aliphatic rings. The van der Waals surface area contributed by atoms with E-state index in [9.17, 15) is 31.2 Å². The van der Waals surface area contributed by atoms with E-state index in [2.05, 4.69) is 20.3 Å². The second-order valence-corrected chi connectivity index (χ2v) is 10.9. The minimum atomic E-state index is -4.48.